The molecule has 10 heavy (non-hydrogen) atoms. The predicted octanol–water partition coefficient (Wildman–Crippen LogP) is 0.809. The first kappa shape index (κ1) is 7.31. The third-order valence-electron chi connectivity index (χ3n) is 1.14. The van der Waals surface area contributed by atoms with E-state index in [0.717, 1.165) is 0 Å². The van der Waals surface area contributed by atoms with E-state index in [4.69, 9.17) is 22.4 Å². The molecule has 4 heteroatoms. The zero-order valence-corrected chi connectivity index (χ0v) is 5.97. The minimum atomic E-state index is -0.126. The summed E-state index contributed by atoms with van der Waals surface area (Å²) in [5.74, 6) is 0.326. The van der Waals surface area contributed by atoms with Crippen LogP contribution in [0.3, 0.4) is 0 Å². The van der Waals surface area contributed by atoms with Crippen molar-refractivity contribution < 1.29 is 5.11 Å². The number of nitrogens with two attached hydrogens (primary N) is 1. The summed E-state index contributed by atoms with van der Waals surface area (Å²) in [5, 5.41) is 9.15. The molecule has 3 nitrogen and oxygen atoms in total. The molecule has 0 unspecified atom stereocenters. The lowest BCUT2D eigenvalue weighted by molar-refractivity contribution is 0.282. The number of aliphatic hydroxyl groups excluding tert-OH is 1. The minimum absolute atomic E-state index is 0.126. The largest absolute Gasteiger partial charge is 0.392 e. The van der Waals surface area contributed by atoms with Gasteiger partial charge >= 0.3 is 0 Å². The third-order valence-corrected chi connectivity index (χ3v) is 1.35. The standard InChI is InChI=1S/C6H7ClN2O/c7-5-1-4(3-10)6(8)9-2-5/h1-2,10H,3H2,(H2,8,9). The number of hydrogen-bond donors (Lipinski definition) is 2. The van der Waals surface area contributed by atoms with E-state index >= 15 is 0 Å². The summed E-state index contributed by atoms with van der Waals surface area (Å²) >= 11 is 5.57. The van der Waals surface area contributed by atoms with Gasteiger partial charge in [-0.3, -0.25) is 0 Å². The van der Waals surface area contributed by atoms with E-state index in [-0.39, 0.29) is 6.61 Å². The molecule has 0 aliphatic carbocycles. The lowest BCUT2D eigenvalue weighted by Gasteiger charge is -1.99. The Hall–Kier alpha value is -0.800. The molecule has 0 spiro atoms. The van der Waals surface area contributed by atoms with E-state index in [1.54, 1.807) is 6.07 Å². The summed E-state index contributed by atoms with van der Waals surface area (Å²) in [6.07, 6.45) is 1.44. The van der Waals surface area contributed by atoms with Gasteiger partial charge < -0.3 is 10.8 Å². The van der Waals surface area contributed by atoms with Crippen LogP contribution < -0.4 is 5.73 Å². The molecule has 0 fully saturated rings. The summed E-state index contributed by atoms with van der Waals surface area (Å²) in [6.45, 7) is -0.126. The van der Waals surface area contributed by atoms with Gasteiger partial charge in [-0.05, 0) is 6.07 Å². The molecule has 1 aromatic rings. The molecule has 0 radical (unpaired) electrons. The summed E-state index contributed by atoms with van der Waals surface area (Å²) in [4.78, 5) is 3.74. The normalized spacial score (nSPS) is 9.80. The van der Waals surface area contributed by atoms with Gasteiger partial charge in [-0.2, -0.15) is 0 Å². The SMILES string of the molecule is Nc1ncc(Cl)cc1CO. The maximum atomic E-state index is 8.66. The Kier molecular flexibility index (Phi) is 2.09. The van der Waals surface area contributed by atoms with Crippen molar-refractivity contribution in [2.75, 3.05) is 5.73 Å². The number of pyridine rings is 1. The van der Waals surface area contributed by atoms with Crippen LogP contribution in [0, 0.1) is 0 Å². The molecule has 0 aliphatic heterocycles. The quantitative estimate of drug-likeness (QED) is 0.636. The van der Waals surface area contributed by atoms with Crippen LogP contribution in [-0.4, -0.2) is 10.1 Å². The minimum Gasteiger partial charge on any atom is -0.392 e. The van der Waals surface area contributed by atoms with Crippen LogP contribution in [0.5, 0.6) is 0 Å². The Balaban J connectivity index is 3.09. The van der Waals surface area contributed by atoms with E-state index in [0.29, 0.717) is 16.4 Å². The topological polar surface area (TPSA) is 59.1 Å². The molecule has 1 rings (SSSR count). The summed E-state index contributed by atoms with van der Waals surface area (Å²) in [6, 6.07) is 1.59. The molecule has 0 amide bonds. The Morgan fingerprint density at radius 3 is 2.90 bits per heavy atom. The van der Waals surface area contributed by atoms with Gasteiger partial charge in [-0.1, -0.05) is 11.6 Å². The molecule has 3 N–H and O–H groups in total. The van der Waals surface area contributed by atoms with Gasteiger partial charge in [0, 0.05) is 11.8 Å². The number of hydrogen-bond acceptors (Lipinski definition) is 3. The number of aromatic nitrogens is 1. The van der Waals surface area contributed by atoms with Gasteiger partial charge in [0.1, 0.15) is 5.82 Å². The van der Waals surface area contributed by atoms with Crippen molar-refractivity contribution in [1.29, 1.82) is 0 Å². The Bertz CT molecular complexity index is 239. The van der Waals surface area contributed by atoms with Gasteiger partial charge in [0.05, 0.1) is 11.6 Å². The summed E-state index contributed by atoms with van der Waals surface area (Å²) in [7, 11) is 0. The van der Waals surface area contributed by atoms with Crippen LogP contribution in [-0.2, 0) is 6.61 Å². The second-order valence-corrected chi connectivity index (χ2v) is 2.29. The smallest absolute Gasteiger partial charge is 0.128 e. The number of rotatable bonds is 1. The molecule has 54 valence electrons. The first-order valence-corrected chi connectivity index (χ1v) is 3.12. The van der Waals surface area contributed by atoms with Crippen LogP contribution in [0.1, 0.15) is 5.56 Å². The maximum absolute atomic E-state index is 8.66. The molecule has 0 saturated carbocycles. The van der Waals surface area contributed by atoms with Crippen molar-refractivity contribution in [3.8, 4) is 0 Å². The molecular formula is C6H7ClN2O. The van der Waals surface area contributed by atoms with Gasteiger partial charge in [0.15, 0.2) is 0 Å². The fraction of sp³-hybridized carbons (Fsp3) is 0.167. The zero-order chi connectivity index (χ0) is 7.56. The van der Waals surface area contributed by atoms with Crippen molar-refractivity contribution >= 4 is 17.4 Å². The highest BCUT2D eigenvalue weighted by Gasteiger charge is 1.98. The number of aliphatic hydroxyl groups is 1. The first-order valence-electron chi connectivity index (χ1n) is 2.75. The van der Waals surface area contributed by atoms with E-state index in [2.05, 4.69) is 4.98 Å². The van der Waals surface area contributed by atoms with Crippen LogP contribution in [0.25, 0.3) is 0 Å². The van der Waals surface area contributed by atoms with Crippen molar-refractivity contribution in [2.24, 2.45) is 0 Å². The van der Waals surface area contributed by atoms with Crippen molar-refractivity contribution in [2.45, 2.75) is 6.61 Å². The average Bonchev–Trinajstić information content (AvgIpc) is 1.94. The summed E-state index contributed by atoms with van der Waals surface area (Å²) < 4.78 is 0. The van der Waals surface area contributed by atoms with Crippen LogP contribution >= 0.6 is 11.6 Å². The van der Waals surface area contributed by atoms with E-state index in [1.165, 1.54) is 6.20 Å². The third kappa shape index (κ3) is 1.37. The fourth-order valence-corrected chi connectivity index (χ4v) is 0.799. The van der Waals surface area contributed by atoms with Gasteiger partial charge in [0.25, 0.3) is 0 Å². The van der Waals surface area contributed by atoms with Gasteiger partial charge in [-0.15, -0.1) is 0 Å². The van der Waals surface area contributed by atoms with Crippen LogP contribution in [0.4, 0.5) is 5.82 Å². The number of nitrogen functional groups attached to an aromatic ring is 1. The molecule has 0 atom stereocenters. The van der Waals surface area contributed by atoms with Crippen molar-refractivity contribution in [3.63, 3.8) is 0 Å². The Morgan fingerprint density at radius 2 is 2.40 bits per heavy atom. The molecule has 0 aliphatic rings. The number of halogens is 1. The van der Waals surface area contributed by atoms with E-state index < -0.39 is 0 Å². The predicted molar refractivity (Wildman–Crippen MR) is 39.6 cm³/mol. The van der Waals surface area contributed by atoms with E-state index in [9.17, 15) is 0 Å². The Labute approximate surface area is 63.5 Å². The lowest BCUT2D eigenvalue weighted by Crippen LogP contribution is -1.96. The zero-order valence-electron chi connectivity index (χ0n) is 5.21. The number of nitrogens with zero attached hydrogens (tertiary/aromatic N) is 1. The highest BCUT2D eigenvalue weighted by atomic mass is 35.5. The first-order chi connectivity index (χ1) is 4.74. The van der Waals surface area contributed by atoms with Gasteiger partial charge in [-0.25, -0.2) is 4.98 Å². The molecule has 0 bridgehead atoms. The highest BCUT2D eigenvalue weighted by molar-refractivity contribution is 6.30. The van der Waals surface area contributed by atoms with Gasteiger partial charge in [0.2, 0.25) is 0 Å². The van der Waals surface area contributed by atoms with E-state index in [1.807, 2.05) is 0 Å². The summed E-state index contributed by atoms with van der Waals surface area (Å²) in [5.41, 5.74) is 5.93. The molecule has 0 saturated heterocycles. The van der Waals surface area contributed by atoms with Crippen LogP contribution in [0.15, 0.2) is 12.3 Å². The highest BCUT2D eigenvalue weighted by Crippen LogP contribution is 2.13. The second-order valence-electron chi connectivity index (χ2n) is 1.86. The van der Waals surface area contributed by atoms with Crippen LogP contribution in [0.2, 0.25) is 5.02 Å². The van der Waals surface area contributed by atoms with Crippen molar-refractivity contribution in [3.05, 3.63) is 22.8 Å². The van der Waals surface area contributed by atoms with Crippen molar-refractivity contribution in [1.82, 2.24) is 4.98 Å². The average molecular weight is 159 g/mol. The molecule has 1 aromatic heterocycles. The monoisotopic (exact) mass is 158 g/mol. The fourth-order valence-electron chi connectivity index (χ4n) is 0.618. The molecular weight excluding hydrogens is 152 g/mol. The second kappa shape index (κ2) is 2.86. The maximum Gasteiger partial charge on any atom is 0.128 e. The molecule has 0 aromatic carbocycles. The molecule has 1 heterocycles. The lowest BCUT2D eigenvalue weighted by atomic mass is 10.3. The Morgan fingerprint density at radius 1 is 1.70 bits per heavy atom. The number of anilines is 1.